The molecule has 5 rings (SSSR count). The van der Waals surface area contributed by atoms with Crippen LogP contribution in [-0.2, 0) is 19.3 Å². The van der Waals surface area contributed by atoms with E-state index in [1.165, 1.54) is 24.0 Å². The quantitative estimate of drug-likeness (QED) is 0.260. The van der Waals surface area contributed by atoms with E-state index in [4.69, 9.17) is 0 Å². The number of piperazine rings is 1. The lowest BCUT2D eigenvalue weighted by Gasteiger charge is -2.40. The Bertz CT molecular complexity index is 1640. The van der Waals surface area contributed by atoms with Crippen molar-refractivity contribution >= 4 is 11.6 Å². The third-order valence-corrected chi connectivity index (χ3v) is 7.29. The second kappa shape index (κ2) is 11.3. The minimum atomic E-state index is -4.84. The van der Waals surface area contributed by atoms with E-state index in [0.717, 1.165) is 12.3 Å². The van der Waals surface area contributed by atoms with Crippen LogP contribution in [-0.4, -0.2) is 72.8 Å². The van der Waals surface area contributed by atoms with E-state index in [9.17, 15) is 41.4 Å². The molecule has 2 aromatic heterocycles. The SMILES string of the molecule is Cc1c(-c2ccc(CO)cc2)nc2c(C(=O)N3CCN(Cc4cc(F)cc(F)c4F)C[C@H]3CO)cnn2c1C(F)(F)F. The van der Waals surface area contributed by atoms with Crippen LogP contribution in [0.25, 0.3) is 16.9 Å². The number of halogens is 6. The van der Waals surface area contributed by atoms with E-state index < -0.39 is 47.9 Å². The van der Waals surface area contributed by atoms with Crippen molar-refractivity contribution in [3.05, 3.63) is 88.0 Å². The molecular weight excluding hydrogens is 568 g/mol. The zero-order valence-corrected chi connectivity index (χ0v) is 22.2. The summed E-state index contributed by atoms with van der Waals surface area (Å²) in [5, 5.41) is 23.2. The van der Waals surface area contributed by atoms with Gasteiger partial charge < -0.3 is 15.1 Å². The van der Waals surface area contributed by atoms with Gasteiger partial charge in [0.25, 0.3) is 5.91 Å². The number of aliphatic hydroxyl groups is 2. The van der Waals surface area contributed by atoms with E-state index in [1.807, 2.05) is 0 Å². The van der Waals surface area contributed by atoms with E-state index in [1.54, 1.807) is 17.0 Å². The maximum absolute atomic E-state index is 14.2. The van der Waals surface area contributed by atoms with Crippen molar-refractivity contribution in [3.63, 3.8) is 0 Å². The lowest BCUT2D eigenvalue weighted by Crippen LogP contribution is -2.56. The molecule has 0 unspecified atom stereocenters. The van der Waals surface area contributed by atoms with E-state index in [2.05, 4.69) is 10.1 Å². The van der Waals surface area contributed by atoms with Gasteiger partial charge in [0.15, 0.2) is 23.0 Å². The highest BCUT2D eigenvalue weighted by atomic mass is 19.4. The van der Waals surface area contributed by atoms with Gasteiger partial charge in [0, 0.05) is 48.9 Å². The molecule has 8 nitrogen and oxygen atoms in total. The summed E-state index contributed by atoms with van der Waals surface area (Å²) in [4.78, 5) is 20.9. The Morgan fingerprint density at radius 3 is 2.43 bits per heavy atom. The largest absolute Gasteiger partial charge is 0.433 e. The maximum Gasteiger partial charge on any atom is 0.433 e. The molecule has 0 bridgehead atoms. The van der Waals surface area contributed by atoms with Crippen LogP contribution in [0.3, 0.4) is 0 Å². The number of rotatable bonds is 6. The Labute approximate surface area is 235 Å². The molecule has 1 aliphatic rings. The zero-order chi connectivity index (χ0) is 30.3. The summed E-state index contributed by atoms with van der Waals surface area (Å²) in [6, 6.07) is 6.56. The zero-order valence-electron chi connectivity index (χ0n) is 22.2. The summed E-state index contributed by atoms with van der Waals surface area (Å²) in [6.45, 7) is 0.377. The third kappa shape index (κ3) is 5.44. The van der Waals surface area contributed by atoms with Gasteiger partial charge in [-0.3, -0.25) is 9.69 Å². The summed E-state index contributed by atoms with van der Waals surface area (Å²) in [6.07, 6.45) is -3.86. The van der Waals surface area contributed by atoms with Crippen LogP contribution >= 0.6 is 0 Å². The molecule has 0 radical (unpaired) electrons. The van der Waals surface area contributed by atoms with Gasteiger partial charge in [0.05, 0.1) is 31.1 Å². The standard InChI is InChI=1S/C28H25F6N5O3/c1-15-24(17-4-2-16(13-40)3-5-17)36-26-21(10-35-39(26)25(15)28(32,33)34)27(42)38-7-6-37(12-20(38)14-41)11-18-8-19(29)9-22(30)23(18)31/h2-5,8-10,20,40-41H,6-7,11-14H2,1H3/t20-/m0/s1. The molecule has 2 N–H and O–H groups in total. The molecule has 1 atom stereocenters. The van der Waals surface area contributed by atoms with Crippen molar-refractivity contribution in [3.8, 4) is 11.3 Å². The first kappa shape index (κ1) is 29.5. The van der Waals surface area contributed by atoms with E-state index in [0.29, 0.717) is 21.7 Å². The molecule has 0 saturated carbocycles. The van der Waals surface area contributed by atoms with Crippen molar-refractivity contribution in [2.24, 2.45) is 0 Å². The Morgan fingerprint density at radius 2 is 1.79 bits per heavy atom. The molecule has 1 fully saturated rings. The van der Waals surface area contributed by atoms with Crippen LogP contribution in [0.5, 0.6) is 0 Å². The van der Waals surface area contributed by atoms with E-state index >= 15 is 0 Å². The summed E-state index contributed by atoms with van der Waals surface area (Å²) in [7, 11) is 0. The van der Waals surface area contributed by atoms with Gasteiger partial charge in [0.1, 0.15) is 11.4 Å². The molecule has 4 aromatic rings. The molecule has 0 spiro atoms. The number of fused-ring (bicyclic) bond motifs is 1. The molecule has 1 aliphatic heterocycles. The molecule has 0 aliphatic carbocycles. The van der Waals surface area contributed by atoms with Crippen molar-refractivity contribution in [2.45, 2.75) is 32.3 Å². The van der Waals surface area contributed by atoms with Crippen LogP contribution in [0.2, 0.25) is 0 Å². The van der Waals surface area contributed by atoms with Gasteiger partial charge in [-0.05, 0) is 18.6 Å². The van der Waals surface area contributed by atoms with Gasteiger partial charge in [-0.2, -0.15) is 18.3 Å². The summed E-state index contributed by atoms with van der Waals surface area (Å²) >= 11 is 0. The summed E-state index contributed by atoms with van der Waals surface area (Å²) in [5.74, 6) is -4.22. The Hall–Kier alpha value is -4.01. The van der Waals surface area contributed by atoms with Crippen LogP contribution in [0.15, 0.2) is 42.6 Å². The number of carbonyl (C=O) groups excluding carboxylic acids is 1. The van der Waals surface area contributed by atoms with Crippen molar-refractivity contribution in [1.82, 2.24) is 24.4 Å². The van der Waals surface area contributed by atoms with Crippen LogP contribution in [0.1, 0.15) is 32.7 Å². The predicted octanol–water partition coefficient (Wildman–Crippen LogP) is 3.95. The average molecular weight is 594 g/mol. The second-order valence-electron chi connectivity index (χ2n) is 10.0. The molecule has 42 heavy (non-hydrogen) atoms. The van der Waals surface area contributed by atoms with Crippen LogP contribution in [0, 0.1) is 24.4 Å². The number of aromatic nitrogens is 3. The van der Waals surface area contributed by atoms with Gasteiger partial charge >= 0.3 is 6.18 Å². The first-order valence-corrected chi connectivity index (χ1v) is 12.9. The number of benzene rings is 2. The highest BCUT2D eigenvalue weighted by molar-refractivity contribution is 6.00. The fourth-order valence-electron chi connectivity index (χ4n) is 5.21. The lowest BCUT2D eigenvalue weighted by atomic mass is 10.0. The summed E-state index contributed by atoms with van der Waals surface area (Å²) < 4.78 is 84.8. The molecular formula is C28H25F6N5O3. The van der Waals surface area contributed by atoms with Gasteiger partial charge in [0.2, 0.25) is 0 Å². The van der Waals surface area contributed by atoms with Crippen molar-refractivity contribution in [1.29, 1.82) is 0 Å². The smallest absolute Gasteiger partial charge is 0.394 e. The number of aliphatic hydroxyl groups excluding tert-OH is 2. The minimum absolute atomic E-state index is 0.00180. The molecule has 1 amide bonds. The normalized spacial score (nSPS) is 16.4. The number of hydrogen-bond acceptors (Lipinski definition) is 6. The highest BCUT2D eigenvalue weighted by Gasteiger charge is 2.39. The summed E-state index contributed by atoms with van der Waals surface area (Å²) in [5.41, 5.74) is -1.26. The monoisotopic (exact) mass is 593 g/mol. The Morgan fingerprint density at radius 1 is 1.07 bits per heavy atom. The topological polar surface area (TPSA) is 94.2 Å². The average Bonchev–Trinajstić information content (AvgIpc) is 3.37. The van der Waals surface area contributed by atoms with Crippen molar-refractivity contribution < 1.29 is 41.4 Å². The van der Waals surface area contributed by atoms with Crippen molar-refractivity contribution in [2.75, 3.05) is 26.2 Å². The molecule has 2 aromatic carbocycles. The number of nitrogens with zero attached hydrogens (tertiary/aromatic N) is 5. The minimum Gasteiger partial charge on any atom is -0.394 e. The molecule has 222 valence electrons. The van der Waals surface area contributed by atoms with Gasteiger partial charge in [-0.15, -0.1) is 0 Å². The first-order chi connectivity index (χ1) is 19.9. The first-order valence-electron chi connectivity index (χ1n) is 12.9. The Balaban J connectivity index is 1.49. The molecule has 3 heterocycles. The van der Waals surface area contributed by atoms with Gasteiger partial charge in [-0.1, -0.05) is 24.3 Å². The highest BCUT2D eigenvalue weighted by Crippen LogP contribution is 2.37. The van der Waals surface area contributed by atoms with Crippen LogP contribution < -0.4 is 0 Å². The number of alkyl halides is 3. The van der Waals surface area contributed by atoms with E-state index in [-0.39, 0.29) is 60.8 Å². The van der Waals surface area contributed by atoms with Crippen LogP contribution in [0.4, 0.5) is 26.3 Å². The number of carbonyl (C=O) groups is 1. The lowest BCUT2D eigenvalue weighted by molar-refractivity contribution is -0.143. The number of amides is 1. The number of hydrogen-bond donors (Lipinski definition) is 2. The molecule has 14 heteroatoms. The molecule has 1 saturated heterocycles. The fraction of sp³-hybridized carbons (Fsp3) is 0.321. The van der Waals surface area contributed by atoms with Gasteiger partial charge in [-0.25, -0.2) is 22.7 Å². The second-order valence-corrected chi connectivity index (χ2v) is 10.0. The third-order valence-electron chi connectivity index (χ3n) is 7.29. The predicted molar refractivity (Wildman–Crippen MR) is 138 cm³/mol. The maximum atomic E-state index is 14.2. The Kier molecular flexibility index (Phi) is 7.96. The fourth-order valence-corrected chi connectivity index (χ4v) is 5.21.